The molecule has 2 aromatic heterocycles. The Labute approximate surface area is 143 Å². The predicted octanol–water partition coefficient (Wildman–Crippen LogP) is 3.02. The van der Waals surface area contributed by atoms with Gasteiger partial charge in [0.25, 0.3) is 5.91 Å². The topological polar surface area (TPSA) is 74.8 Å². The third-order valence-electron chi connectivity index (χ3n) is 3.44. The van der Waals surface area contributed by atoms with E-state index in [-0.39, 0.29) is 11.5 Å². The molecule has 2 N–H and O–H groups in total. The lowest BCUT2D eigenvalue weighted by molar-refractivity contribution is 0.0951. The Kier molecular flexibility index (Phi) is 4.72. The molecule has 1 amide bonds. The third kappa shape index (κ3) is 3.70. The van der Waals surface area contributed by atoms with Crippen molar-refractivity contribution in [1.29, 1.82) is 0 Å². The van der Waals surface area contributed by atoms with E-state index in [9.17, 15) is 9.59 Å². The largest absolute Gasteiger partial charge is 0.348 e. The zero-order valence-corrected chi connectivity index (χ0v) is 13.4. The van der Waals surface area contributed by atoms with Crippen molar-refractivity contribution in [3.8, 4) is 11.4 Å². The number of carbonyl (C=O) groups is 1. The molecule has 0 aliphatic carbocycles. The summed E-state index contributed by atoms with van der Waals surface area (Å²) in [5.41, 5.74) is 2.41. The quantitative estimate of drug-likeness (QED) is 0.767. The van der Waals surface area contributed by atoms with E-state index in [2.05, 4.69) is 15.3 Å². The summed E-state index contributed by atoms with van der Waals surface area (Å²) in [5, 5.41) is 3.22. The van der Waals surface area contributed by atoms with E-state index in [1.54, 1.807) is 48.7 Å². The second kappa shape index (κ2) is 7.10. The second-order valence-corrected chi connectivity index (χ2v) is 5.55. The number of rotatable bonds is 4. The highest BCUT2D eigenvalue weighted by Gasteiger charge is 2.09. The normalized spacial score (nSPS) is 10.4. The van der Waals surface area contributed by atoms with Gasteiger partial charge in [-0.3, -0.25) is 14.6 Å². The zero-order valence-electron chi connectivity index (χ0n) is 12.6. The smallest absolute Gasteiger partial charge is 0.253 e. The first-order valence-corrected chi connectivity index (χ1v) is 7.68. The van der Waals surface area contributed by atoms with Crippen molar-refractivity contribution in [3.05, 3.63) is 87.3 Å². The van der Waals surface area contributed by atoms with Crippen molar-refractivity contribution in [2.75, 3.05) is 0 Å². The number of hydrogen-bond donors (Lipinski definition) is 2. The van der Waals surface area contributed by atoms with Crippen LogP contribution in [0.2, 0.25) is 5.02 Å². The van der Waals surface area contributed by atoms with E-state index in [0.29, 0.717) is 28.5 Å². The molecule has 6 heteroatoms. The van der Waals surface area contributed by atoms with Crippen LogP contribution in [0, 0.1) is 0 Å². The van der Waals surface area contributed by atoms with Gasteiger partial charge in [0.05, 0.1) is 22.0 Å². The molecule has 3 aromatic rings. The van der Waals surface area contributed by atoms with Gasteiger partial charge in [-0.1, -0.05) is 35.9 Å². The third-order valence-corrected chi connectivity index (χ3v) is 3.77. The van der Waals surface area contributed by atoms with Crippen LogP contribution in [0.15, 0.2) is 65.6 Å². The SMILES string of the molecule is O=C(NCc1ccc(-c2cccc(=O)[nH]2)nc1)c1ccccc1Cl. The Morgan fingerprint density at radius 2 is 1.92 bits per heavy atom. The molecular weight excluding hydrogens is 326 g/mol. The average molecular weight is 340 g/mol. The minimum absolute atomic E-state index is 0.176. The fourth-order valence-electron chi connectivity index (χ4n) is 2.21. The number of pyridine rings is 2. The summed E-state index contributed by atoms with van der Waals surface area (Å²) in [6.45, 7) is 0.336. The Bertz CT molecular complexity index is 920. The number of aromatic amines is 1. The summed E-state index contributed by atoms with van der Waals surface area (Å²) in [4.78, 5) is 30.5. The van der Waals surface area contributed by atoms with Crippen LogP contribution in [0.1, 0.15) is 15.9 Å². The van der Waals surface area contributed by atoms with Crippen LogP contribution in [0.4, 0.5) is 0 Å². The van der Waals surface area contributed by atoms with Crippen LogP contribution in [0.3, 0.4) is 0 Å². The van der Waals surface area contributed by atoms with E-state index < -0.39 is 0 Å². The standard InChI is InChI=1S/C18H14ClN3O2/c19-14-5-2-1-4-13(14)18(24)21-11-12-8-9-15(20-10-12)16-6-3-7-17(23)22-16/h1-10H,11H2,(H,21,24)(H,22,23). The van der Waals surface area contributed by atoms with Gasteiger partial charge in [-0.05, 0) is 29.8 Å². The van der Waals surface area contributed by atoms with Crippen molar-refractivity contribution in [3.63, 3.8) is 0 Å². The highest BCUT2D eigenvalue weighted by atomic mass is 35.5. The molecule has 0 atom stereocenters. The van der Waals surface area contributed by atoms with E-state index in [1.165, 1.54) is 6.07 Å². The molecule has 24 heavy (non-hydrogen) atoms. The minimum Gasteiger partial charge on any atom is -0.348 e. The van der Waals surface area contributed by atoms with Crippen molar-refractivity contribution in [2.45, 2.75) is 6.54 Å². The number of carbonyl (C=O) groups excluding carboxylic acids is 1. The minimum atomic E-state index is -0.239. The first-order valence-electron chi connectivity index (χ1n) is 7.31. The summed E-state index contributed by atoms with van der Waals surface area (Å²) in [6.07, 6.45) is 1.66. The molecule has 0 bridgehead atoms. The Hall–Kier alpha value is -2.92. The Morgan fingerprint density at radius 1 is 1.08 bits per heavy atom. The molecule has 0 fully saturated rings. The molecule has 0 aliphatic rings. The number of hydrogen-bond acceptors (Lipinski definition) is 3. The van der Waals surface area contributed by atoms with Crippen molar-refractivity contribution < 1.29 is 4.79 Å². The van der Waals surface area contributed by atoms with Crippen LogP contribution in [-0.2, 0) is 6.54 Å². The number of H-pyrrole nitrogens is 1. The van der Waals surface area contributed by atoms with Gasteiger partial charge >= 0.3 is 0 Å². The van der Waals surface area contributed by atoms with Gasteiger partial charge < -0.3 is 10.3 Å². The lowest BCUT2D eigenvalue weighted by Crippen LogP contribution is -2.23. The zero-order chi connectivity index (χ0) is 16.9. The predicted molar refractivity (Wildman–Crippen MR) is 92.9 cm³/mol. The van der Waals surface area contributed by atoms with Crippen molar-refractivity contribution >= 4 is 17.5 Å². The van der Waals surface area contributed by atoms with Crippen molar-refractivity contribution in [1.82, 2.24) is 15.3 Å². The van der Waals surface area contributed by atoms with E-state index in [0.717, 1.165) is 5.56 Å². The van der Waals surface area contributed by atoms with Crippen molar-refractivity contribution in [2.24, 2.45) is 0 Å². The molecule has 3 rings (SSSR count). The van der Waals surface area contributed by atoms with Gasteiger partial charge in [-0.2, -0.15) is 0 Å². The fraction of sp³-hybridized carbons (Fsp3) is 0.0556. The maximum absolute atomic E-state index is 12.1. The monoisotopic (exact) mass is 339 g/mol. The van der Waals surface area contributed by atoms with Crippen LogP contribution in [0.5, 0.6) is 0 Å². The van der Waals surface area contributed by atoms with Gasteiger partial charge in [0.2, 0.25) is 5.56 Å². The number of halogens is 1. The Balaban J connectivity index is 1.68. The molecule has 5 nitrogen and oxygen atoms in total. The Morgan fingerprint density at radius 3 is 2.62 bits per heavy atom. The number of nitrogens with one attached hydrogen (secondary N) is 2. The second-order valence-electron chi connectivity index (χ2n) is 5.14. The lowest BCUT2D eigenvalue weighted by atomic mass is 10.2. The number of nitrogens with zero attached hydrogens (tertiary/aromatic N) is 1. The first-order chi connectivity index (χ1) is 11.6. The maximum Gasteiger partial charge on any atom is 0.253 e. The molecular formula is C18H14ClN3O2. The summed E-state index contributed by atoms with van der Waals surface area (Å²) < 4.78 is 0. The van der Waals surface area contributed by atoms with E-state index in [1.807, 2.05) is 6.07 Å². The fourth-order valence-corrected chi connectivity index (χ4v) is 2.43. The van der Waals surface area contributed by atoms with Gasteiger partial charge in [0.1, 0.15) is 0 Å². The van der Waals surface area contributed by atoms with E-state index >= 15 is 0 Å². The van der Waals surface area contributed by atoms with Gasteiger partial charge in [-0.25, -0.2) is 0 Å². The summed E-state index contributed by atoms with van der Waals surface area (Å²) in [5.74, 6) is -0.239. The molecule has 0 spiro atoms. The maximum atomic E-state index is 12.1. The molecule has 0 unspecified atom stereocenters. The number of amides is 1. The molecule has 2 heterocycles. The summed E-state index contributed by atoms with van der Waals surface area (Å²) in [6, 6.07) is 15.4. The number of benzene rings is 1. The van der Waals surface area contributed by atoms with Crippen LogP contribution in [-0.4, -0.2) is 15.9 Å². The van der Waals surface area contributed by atoms with Gasteiger partial charge in [-0.15, -0.1) is 0 Å². The van der Waals surface area contributed by atoms with Gasteiger partial charge in [0, 0.05) is 18.8 Å². The lowest BCUT2D eigenvalue weighted by Gasteiger charge is -2.07. The molecule has 1 aromatic carbocycles. The number of aromatic nitrogens is 2. The van der Waals surface area contributed by atoms with Crippen LogP contribution < -0.4 is 10.9 Å². The van der Waals surface area contributed by atoms with Crippen LogP contribution in [0.25, 0.3) is 11.4 Å². The van der Waals surface area contributed by atoms with Gasteiger partial charge in [0.15, 0.2) is 0 Å². The average Bonchev–Trinajstić information content (AvgIpc) is 2.60. The highest BCUT2D eigenvalue weighted by molar-refractivity contribution is 6.33. The highest BCUT2D eigenvalue weighted by Crippen LogP contribution is 2.15. The first kappa shape index (κ1) is 16.0. The molecule has 0 saturated heterocycles. The summed E-state index contributed by atoms with van der Waals surface area (Å²) >= 11 is 6.00. The van der Waals surface area contributed by atoms with Crippen LogP contribution >= 0.6 is 11.6 Å². The van der Waals surface area contributed by atoms with E-state index in [4.69, 9.17) is 11.6 Å². The summed E-state index contributed by atoms with van der Waals surface area (Å²) in [7, 11) is 0. The molecule has 120 valence electrons. The molecule has 0 aliphatic heterocycles. The molecule has 0 radical (unpaired) electrons. The molecule has 0 saturated carbocycles.